The summed E-state index contributed by atoms with van der Waals surface area (Å²) in [5.41, 5.74) is 0.631. The van der Waals surface area contributed by atoms with Gasteiger partial charge in [0.15, 0.2) is 0 Å². The molecule has 0 aromatic heterocycles. The molecule has 21 heavy (non-hydrogen) atoms. The maximum Gasteiger partial charge on any atom is 0.337 e. The lowest BCUT2D eigenvalue weighted by molar-refractivity contribution is 0.0697. The van der Waals surface area contributed by atoms with Gasteiger partial charge in [0.1, 0.15) is 5.75 Å². The molecule has 5 nitrogen and oxygen atoms in total. The summed E-state index contributed by atoms with van der Waals surface area (Å²) >= 11 is 1.95. The Morgan fingerprint density at radius 2 is 1.81 bits per heavy atom. The average molecular weight is 397 g/mol. The van der Waals surface area contributed by atoms with E-state index in [9.17, 15) is 14.7 Å². The van der Waals surface area contributed by atoms with Crippen molar-refractivity contribution in [1.82, 2.24) is 0 Å². The van der Waals surface area contributed by atoms with Crippen LogP contribution < -0.4 is 4.90 Å². The van der Waals surface area contributed by atoms with E-state index in [2.05, 4.69) is 0 Å². The van der Waals surface area contributed by atoms with Crippen LogP contribution in [-0.2, 0) is 0 Å². The van der Waals surface area contributed by atoms with Gasteiger partial charge < -0.3 is 15.1 Å². The quantitative estimate of drug-likeness (QED) is 0.781. The molecule has 2 N–H and O–H groups in total. The number of aromatic hydroxyl groups is 1. The minimum Gasteiger partial charge on any atom is -0.507 e. The molecule has 0 bridgehead atoms. The van der Waals surface area contributed by atoms with Crippen LogP contribution in [-0.4, -0.2) is 29.1 Å². The first-order chi connectivity index (χ1) is 9.91. The van der Waals surface area contributed by atoms with Crippen LogP contribution in [0.5, 0.6) is 5.75 Å². The van der Waals surface area contributed by atoms with Crippen molar-refractivity contribution in [3.8, 4) is 5.75 Å². The van der Waals surface area contributed by atoms with Crippen molar-refractivity contribution < 1.29 is 19.8 Å². The number of benzene rings is 2. The van der Waals surface area contributed by atoms with Gasteiger partial charge in [-0.05, 0) is 52.9 Å². The molecular formula is C15H12INO4. The number of carbonyl (C=O) groups is 2. The molecule has 0 unspecified atom stereocenters. The summed E-state index contributed by atoms with van der Waals surface area (Å²) < 4.78 is 0.637. The zero-order valence-corrected chi connectivity index (χ0v) is 13.2. The smallest absolute Gasteiger partial charge is 0.337 e. The van der Waals surface area contributed by atoms with Gasteiger partial charge in [-0.2, -0.15) is 0 Å². The second-order valence-electron chi connectivity index (χ2n) is 4.35. The predicted octanol–water partition coefficient (Wildman–Crippen LogP) is 2.97. The molecule has 0 heterocycles. The molecular weight excluding hydrogens is 385 g/mol. The summed E-state index contributed by atoms with van der Waals surface area (Å²) in [4.78, 5) is 24.9. The van der Waals surface area contributed by atoms with Crippen molar-refractivity contribution in [1.29, 1.82) is 0 Å². The molecule has 0 spiro atoms. The van der Waals surface area contributed by atoms with Crippen LogP contribution in [0.4, 0.5) is 5.69 Å². The number of phenolic OH excluding ortho intramolecular Hbond substituents is 1. The van der Waals surface area contributed by atoms with E-state index >= 15 is 0 Å². The van der Waals surface area contributed by atoms with Gasteiger partial charge >= 0.3 is 5.97 Å². The Hall–Kier alpha value is -2.09. The number of carbonyl (C=O) groups excluding carboxylic acids is 1. The molecule has 2 aromatic carbocycles. The minimum atomic E-state index is -1.10. The number of amides is 1. The molecule has 108 valence electrons. The Labute approximate surface area is 135 Å². The zero-order chi connectivity index (χ0) is 15.6. The number of nitrogens with zero attached hydrogens (tertiary/aromatic N) is 1. The number of carboxylic acids is 1. The van der Waals surface area contributed by atoms with Gasteiger partial charge in [-0.15, -0.1) is 0 Å². The minimum absolute atomic E-state index is 0.0152. The normalized spacial score (nSPS) is 10.2. The summed E-state index contributed by atoms with van der Waals surface area (Å²) in [6, 6.07) is 10.8. The highest BCUT2D eigenvalue weighted by molar-refractivity contribution is 14.1. The molecule has 0 fully saturated rings. The molecule has 0 saturated heterocycles. The number of rotatable bonds is 3. The standard InChI is InChI=1S/C15H12INO4/c1-17(12-5-3-2-4-10(12)15(20)21)14(19)9-6-7-11(16)13(18)8-9/h2-8,18H,1H3,(H,20,21). The highest BCUT2D eigenvalue weighted by atomic mass is 127. The van der Waals surface area contributed by atoms with Gasteiger partial charge in [0.25, 0.3) is 5.91 Å². The van der Waals surface area contributed by atoms with Gasteiger partial charge in [0.2, 0.25) is 0 Å². The molecule has 0 aliphatic heterocycles. The highest BCUT2D eigenvalue weighted by Gasteiger charge is 2.19. The fourth-order valence-corrected chi connectivity index (χ4v) is 2.23. The van der Waals surface area contributed by atoms with E-state index in [4.69, 9.17) is 5.11 Å². The zero-order valence-electron chi connectivity index (χ0n) is 11.1. The van der Waals surface area contributed by atoms with Crippen molar-refractivity contribution in [2.75, 3.05) is 11.9 Å². The molecule has 2 aromatic rings. The fraction of sp³-hybridized carbons (Fsp3) is 0.0667. The number of para-hydroxylation sites is 1. The largest absolute Gasteiger partial charge is 0.507 e. The number of hydrogen-bond acceptors (Lipinski definition) is 3. The van der Waals surface area contributed by atoms with E-state index in [1.54, 1.807) is 30.3 Å². The maximum atomic E-state index is 12.4. The van der Waals surface area contributed by atoms with Gasteiger partial charge in [-0.3, -0.25) is 4.79 Å². The van der Waals surface area contributed by atoms with Crippen molar-refractivity contribution >= 4 is 40.2 Å². The molecule has 0 aliphatic carbocycles. The number of anilines is 1. The first kappa shape index (κ1) is 15.3. The Kier molecular flexibility index (Phi) is 4.46. The lowest BCUT2D eigenvalue weighted by atomic mass is 10.1. The van der Waals surface area contributed by atoms with Gasteiger partial charge in [-0.1, -0.05) is 12.1 Å². The molecule has 6 heteroatoms. The van der Waals surface area contributed by atoms with Gasteiger partial charge in [0.05, 0.1) is 14.8 Å². The van der Waals surface area contributed by atoms with E-state index in [1.165, 1.54) is 24.1 Å². The molecule has 0 aliphatic rings. The van der Waals surface area contributed by atoms with Crippen molar-refractivity contribution in [3.63, 3.8) is 0 Å². The Morgan fingerprint density at radius 3 is 2.43 bits per heavy atom. The first-order valence-electron chi connectivity index (χ1n) is 6.00. The summed E-state index contributed by atoms with van der Waals surface area (Å²) in [5, 5.41) is 18.8. The Morgan fingerprint density at radius 1 is 1.14 bits per heavy atom. The Bertz CT molecular complexity index is 715. The van der Waals surface area contributed by atoms with Crippen LogP contribution in [0.25, 0.3) is 0 Å². The summed E-state index contributed by atoms with van der Waals surface area (Å²) in [6.07, 6.45) is 0. The lowest BCUT2D eigenvalue weighted by Gasteiger charge is -2.19. The summed E-state index contributed by atoms with van der Waals surface area (Å²) in [7, 11) is 1.50. The summed E-state index contributed by atoms with van der Waals surface area (Å²) in [5.74, 6) is -1.48. The van der Waals surface area contributed by atoms with Gasteiger partial charge in [0, 0.05) is 12.6 Å². The van der Waals surface area contributed by atoms with E-state index in [-0.39, 0.29) is 16.9 Å². The SMILES string of the molecule is CN(C(=O)c1ccc(I)c(O)c1)c1ccccc1C(=O)O. The number of hydrogen-bond donors (Lipinski definition) is 2. The lowest BCUT2D eigenvalue weighted by Crippen LogP contribution is -2.27. The van der Waals surface area contributed by atoms with Crippen LogP contribution in [0.2, 0.25) is 0 Å². The number of carboxylic acid groups (broad SMARTS) is 1. The van der Waals surface area contributed by atoms with Crippen molar-refractivity contribution in [3.05, 3.63) is 57.2 Å². The summed E-state index contributed by atoms with van der Waals surface area (Å²) in [6.45, 7) is 0. The van der Waals surface area contributed by atoms with E-state index < -0.39 is 11.9 Å². The van der Waals surface area contributed by atoms with E-state index in [0.29, 0.717) is 9.26 Å². The monoisotopic (exact) mass is 397 g/mol. The third-order valence-electron chi connectivity index (χ3n) is 2.99. The topological polar surface area (TPSA) is 77.8 Å². The van der Waals surface area contributed by atoms with Crippen LogP contribution in [0.3, 0.4) is 0 Å². The van der Waals surface area contributed by atoms with Gasteiger partial charge in [-0.25, -0.2) is 4.79 Å². The van der Waals surface area contributed by atoms with E-state index in [1.807, 2.05) is 22.6 Å². The van der Waals surface area contributed by atoms with Crippen LogP contribution in [0.15, 0.2) is 42.5 Å². The third kappa shape index (κ3) is 3.15. The highest BCUT2D eigenvalue weighted by Crippen LogP contribution is 2.24. The fourth-order valence-electron chi connectivity index (χ4n) is 1.90. The molecule has 2 rings (SSSR count). The molecule has 0 radical (unpaired) electrons. The van der Waals surface area contributed by atoms with E-state index in [0.717, 1.165) is 0 Å². The molecule has 1 amide bonds. The van der Waals surface area contributed by atoms with Crippen LogP contribution in [0.1, 0.15) is 20.7 Å². The molecule has 0 atom stereocenters. The van der Waals surface area contributed by atoms with Crippen LogP contribution >= 0.6 is 22.6 Å². The van der Waals surface area contributed by atoms with Crippen molar-refractivity contribution in [2.24, 2.45) is 0 Å². The van der Waals surface area contributed by atoms with Crippen LogP contribution in [0, 0.1) is 3.57 Å². The number of phenols is 1. The maximum absolute atomic E-state index is 12.4. The molecule has 0 saturated carbocycles. The first-order valence-corrected chi connectivity index (χ1v) is 7.08. The third-order valence-corrected chi connectivity index (χ3v) is 3.91. The predicted molar refractivity (Wildman–Crippen MR) is 87.0 cm³/mol. The average Bonchev–Trinajstić information content (AvgIpc) is 2.48. The second kappa shape index (κ2) is 6.13. The Balaban J connectivity index is 2.40. The number of halogens is 1. The van der Waals surface area contributed by atoms with Crippen molar-refractivity contribution in [2.45, 2.75) is 0 Å². The number of aromatic carboxylic acids is 1. The second-order valence-corrected chi connectivity index (χ2v) is 5.51.